The van der Waals surface area contributed by atoms with Crippen molar-refractivity contribution in [2.24, 2.45) is 0 Å². The van der Waals surface area contributed by atoms with Gasteiger partial charge in [-0.1, -0.05) is 12.1 Å². The number of hydrogen-bond donors (Lipinski definition) is 0. The van der Waals surface area contributed by atoms with Crippen molar-refractivity contribution >= 4 is 38.4 Å². The molecule has 6 nitrogen and oxygen atoms in total. The van der Waals surface area contributed by atoms with Crippen LogP contribution < -0.4 is 0 Å². The van der Waals surface area contributed by atoms with Gasteiger partial charge in [-0.15, -0.1) is 22.7 Å². The highest BCUT2D eigenvalue weighted by Crippen LogP contribution is 2.30. The zero-order chi connectivity index (χ0) is 19.6. The third kappa shape index (κ3) is 4.27. The third-order valence-corrected chi connectivity index (χ3v) is 7.90. The lowest BCUT2D eigenvalue weighted by molar-refractivity contribution is -0.385. The van der Waals surface area contributed by atoms with Crippen LogP contribution in [-0.4, -0.2) is 17.6 Å². The van der Waals surface area contributed by atoms with Gasteiger partial charge >= 0.3 is 0 Å². The van der Waals surface area contributed by atoms with Gasteiger partial charge in [-0.3, -0.25) is 10.1 Å². The lowest BCUT2D eigenvalue weighted by Crippen LogP contribution is -2.30. The smallest absolute Gasteiger partial charge is 0.258 e. The van der Waals surface area contributed by atoms with Crippen LogP contribution in [0.4, 0.5) is 5.69 Å². The molecule has 2 heterocycles. The van der Waals surface area contributed by atoms with Crippen LogP contribution in [0.25, 0.3) is 0 Å². The van der Waals surface area contributed by atoms with Gasteiger partial charge in [0.25, 0.3) is 5.69 Å². The topological polar surface area (TPSA) is 80.5 Å². The first kappa shape index (κ1) is 19.7. The fourth-order valence-electron chi connectivity index (χ4n) is 2.70. The number of nitro groups is 1. The van der Waals surface area contributed by atoms with Crippen molar-refractivity contribution in [3.05, 3.63) is 78.2 Å². The molecule has 3 rings (SSSR count). The molecule has 9 heteroatoms. The van der Waals surface area contributed by atoms with Gasteiger partial charge in [0.05, 0.1) is 9.82 Å². The van der Waals surface area contributed by atoms with E-state index in [1.54, 1.807) is 13.8 Å². The Kier molecular flexibility index (Phi) is 5.75. The number of rotatable bonds is 7. The summed E-state index contributed by atoms with van der Waals surface area (Å²) in [5, 5.41) is 15.0. The number of hydrogen-bond acceptors (Lipinski definition) is 6. The summed E-state index contributed by atoms with van der Waals surface area (Å²) < 4.78 is 28.3. The molecule has 0 unspecified atom stereocenters. The predicted molar refractivity (Wildman–Crippen MR) is 108 cm³/mol. The van der Waals surface area contributed by atoms with Crippen molar-refractivity contribution in [3.63, 3.8) is 0 Å². The van der Waals surface area contributed by atoms with Gasteiger partial charge in [0.2, 0.25) is 10.0 Å². The largest absolute Gasteiger partial charge is 0.271 e. The fraction of sp³-hybridized carbons (Fsp3) is 0.222. The minimum atomic E-state index is -3.92. The molecule has 0 saturated heterocycles. The minimum Gasteiger partial charge on any atom is -0.258 e. The van der Waals surface area contributed by atoms with E-state index in [0.29, 0.717) is 11.1 Å². The maximum atomic E-state index is 13.4. The average Bonchev–Trinajstić information content (AvgIpc) is 3.30. The van der Waals surface area contributed by atoms with Gasteiger partial charge in [0.15, 0.2) is 0 Å². The third-order valence-electron chi connectivity index (χ3n) is 4.26. The van der Waals surface area contributed by atoms with Crippen molar-refractivity contribution in [3.8, 4) is 0 Å². The lowest BCUT2D eigenvalue weighted by atomic mass is 10.1. The Balaban J connectivity index is 2.08. The normalized spacial score (nSPS) is 11.8. The first-order valence-corrected chi connectivity index (χ1v) is 11.3. The Bertz CT molecular complexity index is 1010. The number of nitro benzene ring substituents is 1. The molecular weight excluding hydrogens is 404 g/mol. The standard InChI is InChI=1S/C18H18N2O4S3/c1-13-9-15(20(21)22)10-18(14(13)2)27(23,24)19(11-16-5-3-7-25-16)12-17-6-4-8-26-17/h3-10H,11-12H2,1-2H3. The number of thiophene rings is 2. The molecular formula is C18H18N2O4S3. The second-order valence-corrected chi connectivity index (χ2v) is 10.0. The molecule has 2 aromatic heterocycles. The molecule has 0 atom stereocenters. The molecule has 0 aliphatic heterocycles. The molecule has 0 fully saturated rings. The lowest BCUT2D eigenvalue weighted by Gasteiger charge is -2.22. The van der Waals surface area contributed by atoms with Crippen molar-refractivity contribution in [2.45, 2.75) is 31.8 Å². The molecule has 27 heavy (non-hydrogen) atoms. The quantitative estimate of drug-likeness (QED) is 0.407. The van der Waals surface area contributed by atoms with Crippen molar-refractivity contribution in [1.82, 2.24) is 4.31 Å². The van der Waals surface area contributed by atoms with E-state index in [1.165, 1.54) is 33.0 Å². The first-order valence-electron chi connectivity index (χ1n) is 8.09. The fourth-order valence-corrected chi connectivity index (χ4v) is 6.02. The molecule has 0 radical (unpaired) electrons. The second-order valence-electron chi connectivity index (χ2n) is 6.07. The highest BCUT2D eigenvalue weighted by atomic mass is 32.2. The van der Waals surface area contributed by atoms with Gasteiger partial charge in [-0.05, 0) is 47.9 Å². The van der Waals surface area contributed by atoms with E-state index in [-0.39, 0.29) is 23.7 Å². The van der Waals surface area contributed by atoms with Crippen molar-refractivity contribution in [1.29, 1.82) is 0 Å². The zero-order valence-electron chi connectivity index (χ0n) is 14.8. The van der Waals surface area contributed by atoms with E-state index in [0.717, 1.165) is 15.8 Å². The van der Waals surface area contributed by atoms with Gasteiger partial charge < -0.3 is 0 Å². The van der Waals surface area contributed by atoms with Crippen LogP contribution in [0.5, 0.6) is 0 Å². The summed E-state index contributed by atoms with van der Waals surface area (Å²) in [7, 11) is -3.92. The summed E-state index contributed by atoms with van der Waals surface area (Å²) in [5.74, 6) is 0. The van der Waals surface area contributed by atoms with E-state index < -0.39 is 14.9 Å². The van der Waals surface area contributed by atoms with E-state index in [1.807, 2.05) is 35.0 Å². The Morgan fingerprint density at radius 2 is 1.59 bits per heavy atom. The molecule has 0 amide bonds. The van der Waals surface area contributed by atoms with Gasteiger partial charge in [0, 0.05) is 35.0 Å². The zero-order valence-corrected chi connectivity index (χ0v) is 17.2. The molecule has 3 aromatic rings. The number of aryl methyl sites for hydroxylation is 1. The molecule has 0 N–H and O–H groups in total. The summed E-state index contributed by atoms with van der Waals surface area (Å²) in [6.45, 7) is 3.81. The summed E-state index contributed by atoms with van der Waals surface area (Å²) >= 11 is 2.96. The van der Waals surface area contributed by atoms with Crippen LogP contribution in [0, 0.1) is 24.0 Å². The summed E-state index contributed by atoms with van der Waals surface area (Å²) in [6, 6.07) is 10.1. The Labute approximate surface area is 165 Å². The first-order chi connectivity index (χ1) is 12.8. The van der Waals surface area contributed by atoms with Crippen LogP contribution in [0.3, 0.4) is 0 Å². The summed E-state index contributed by atoms with van der Waals surface area (Å²) in [6.07, 6.45) is 0. The number of sulfonamides is 1. The summed E-state index contributed by atoms with van der Waals surface area (Å²) in [4.78, 5) is 12.5. The van der Waals surface area contributed by atoms with E-state index in [2.05, 4.69) is 0 Å². The number of nitrogens with zero attached hydrogens (tertiary/aromatic N) is 2. The van der Waals surface area contributed by atoms with Crippen LogP contribution in [0.15, 0.2) is 52.1 Å². The molecule has 0 aliphatic carbocycles. The monoisotopic (exact) mass is 422 g/mol. The maximum absolute atomic E-state index is 13.4. The van der Waals surface area contributed by atoms with Crippen LogP contribution in [-0.2, 0) is 23.1 Å². The van der Waals surface area contributed by atoms with Crippen molar-refractivity contribution in [2.75, 3.05) is 0 Å². The van der Waals surface area contributed by atoms with Gasteiger partial charge in [0.1, 0.15) is 0 Å². The highest BCUT2D eigenvalue weighted by Gasteiger charge is 2.29. The maximum Gasteiger partial charge on any atom is 0.271 e. The molecule has 0 saturated carbocycles. The minimum absolute atomic E-state index is 0.0117. The highest BCUT2D eigenvalue weighted by molar-refractivity contribution is 7.89. The van der Waals surface area contributed by atoms with Crippen LogP contribution in [0.2, 0.25) is 0 Å². The number of benzene rings is 1. The average molecular weight is 423 g/mol. The predicted octanol–water partition coefficient (Wildman–Crippen LogP) is 4.73. The van der Waals surface area contributed by atoms with Gasteiger partial charge in [-0.25, -0.2) is 8.42 Å². The van der Waals surface area contributed by atoms with E-state index in [4.69, 9.17) is 0 Å². The Morgan fingerprint density at radius 1 is 1.04 bits per heavy atom. The Morgan fingerprint density at radius 3 is 2.04 bits per heavy atom. The Hall–Kier alpha value is -2.07. The molecule has 1 aromatic carbocycles. The van der Waals surface area contributed by atoms with E-state index in [9.17, 15) is 18.5 Å². The SMILES string of the molecule is Cc1cc([N+](=O)[O-])cc(S(=O)(=O)N(Cc2cccs2)Cc2cccs2)c1C. The van der Waals surface area contributed by atoms with Gasteiger partial charge in [-0.2, -0.15) is 4.31 Å². The van der Waals surface area contributed by atoms with Crippen molar-refractivity contribution < 1.29 is 13.3 Å². The van der Waals surface area contributed by atoms with E-state index >= 15 is 0 Å². The van der Waals surface area contributed by atoms with Crippen LogP contribution >= 0.6 is 22.7 Å². The summed E-state index contributed by atoms with van der Waals surface area (Å²) in [5.41, 5.74) is 0.891. The molecule has 0 bridgehead atoms. The molecule has 142 valence electrons. The molecule has 0 spiro atoms. The van der Waals surface area contributed by atoms with Crippen LogP contribution in [0.1, 0.15) is 20.9 Å². The second kappa shape index (κ2) is 7.89. The number of non-ortho nitro benzene ring substituents is 1. The molecule has 0 aliphatic rings.